The van der Waals surface area contributed by atoms with Crippen molar-refractivity contribution in [1.29, 1.82) is 0 Å². The standard InChI is InChI=1S/C10H14BrNO2/c1-14-6-7-2-3-9(11)10(13)8(7)4-5-12/h2-3,13H,4-6,12H2,1H3. The SMILES string of the molecule is COCc1ccc(Br)c(O)c1CCN. The molecule has 0 aliphatic heterocycles. The van der Waals surface area contributed by atoms with Crippen molar-refractivity contribution in [3.05, 3.63) is 27.7 Å². The summed E-state index contributed by atoms with van der Waals surface area (Å²) in [6.45, 7) is 1.01. The lowest BCUT2D eigenvalue weighted by Gasteiger charge is -2.11. The number of rotatable bonds is 4. The summed E-state index contributed by atoms with van der Waals surface area (Å²) in [5.74, 6) is 0.269. The molecule has 0 fully saturated rings. The summed E-state index contributed by atoms with van der Waals surface area (Å²) in [5, 5.41) is 9.78. The van der Waals surface area contributed by atoms with Crippen LogP contribution in [0.2, 0.25) is 0 Å². The Labute approximate surface area is 92.0 Å². The van der Waals surface area contributed by atoms with Gasteiger partial charge < -0.3 is 15.6 Å². The van der Waals surface area contributed by atoms with Gasteiger partial charge in [0.15, 0.2) is 0 Å². The fourth-order valence-electron chi connectivity index (χ4n) is 1.36. The Morgan fingerprint density at radius 3 is 2.79 bits per heavy atom. The number of nitrogens with two attached hydrogens (primary N) is 1. The first-order chi connectivity index (χ1) is 6.70. The lowest BCUT2D eigenvalue weighted by atomic mass is 10.0. The summed E-state index contributed by atoms with van der Waals surface area (Å²) >= 11 is 3.27. The summed E-state index contributed by atoms with van der Waals surface area (Å²) in [4.78, 5) is 0. The van der Waals surface area contributed by atoms with E-state index < -0.39 is 0 Å². The first-order valence-electron chi connectivity index (χ1n) is 4.39. The van der Waals surface area contributed by atoms with Gasteiger partial charge in [-0.1, -0.05) is 6.07 Å². The van der Waals surface area contributed by atoms with Crippen molar-refractivity contribution in [3.63, 3.8) is 0 Å². The van der Waals surface area contributed by atoms with E-state index in [0.29, 0.717) is 24.0 Å². The molecule has 0 aliphatic carbocycles. The minimum absolute atomic E-state index is 0.269. The molecule has 0 saturated heterocycles. The van der Waals surface area contributed by atoms with Crippen LogP contribution < -0.4 is 5.73 Å². The first kappa shape index (κ1) is 11.5. The van der Waals surface area contributed by atoms with Crippen LogP contribution in [0, 0.1) is 0 Å². The van der Waals surface area contributed by atoms with Gasteiger partial charge in [0.1, 0.15) is 5.75 Å². The van der Waals surface area contributed by atoms with E-state index in [-0.39, 0.29) is 5.75 Å². The van der Waals surface area contributed by atoms with Crippen LogP contribution in [0.25, 0.3) is 0 Å². The van der Waals surface area contributed by atoms with Gasteiger partial charge in [-0.15, -0.1) is 0 Å². The molecule has 1 rings (SSSR count). The summed E-state index contributed by atoms with van der Waals surface area (Å²) in [6.07, 6.45) is 0.657. The third kappa shape index (κ3) is 2.47. The number of phenols is 1. The second kappa shape index (κ2) is 5.34. The normalized spacial score (nSPS) is 10.5. The number of hydrogen-bond acceptors (Lipinski definition) is 3. The minimum Gasteiger partial charge on any atom is -0.506 e. The summed E-state index contributed by atoms with van der Waals surface area (Å²) in [7, 11) is 1.63. The molecule has 1 aromatic carbocycles. The van der Waals surface area contributed by atoms with E-state index in [1.807, 2.05) is 12.1 Å². The average molecular weight is 260 g/mol. The highest BCUT2D eigenvalue weighted by Gasteiger charge is 2.10. The Hall–Kier alpha value is -0.580. The zero-order valence-corrected chi connectivity index (χ0v) is 9.67. The van der Waals surface area contributed by atoms with Gasteiger partial charge >= 0.3 is 0 Å². The third-order valence-electron chi connectivity index (χ3n) is 2.02. The van der Waals surface area contributed by atoms with E-state index in [0.717, 1.165) is 11.1 Å². The molecule has 0 aromatic heterocycles. The zero-order chi connectivity index (χ0) is 10.6. The highest BCUT2D eigenvalue weighted by atomic mass is 79.9. The predicted molar refractivity (Wildman–Crippen MR) is 59.3 cm³/mol. The van der Waals surface area contributed by atoms with Gasteiger partial charge in [-0.3, -0.25) is 0 Å². The zero-order valence-electron chi connectivity index (χ0n) is 8.09. The second-order valence-electron chi connectivity index (χ2n) is 3.01. The molecule has 3 N–H and O–H groups in total. The lowest BCUT2D eigenvalue weighted by molar-refractivity contribution is 0.184. The molecular formula is C10H14BrNO2. The molecule has 0 heterocycles. The molecule has 4 heteroatoms. The van der Waals surface area contributed by atoms with Crippen LogP contribution >= 0.6 is 15.9 Å². The Kier molecular flexibility index (Phi) is 4.38. The molecule has 0 radical (unpaired) electrons. The lowest BCUT2D eigenvalue weighted by Crippen LogP contribution is -2.06. The number of ether oxygens (including phenoxy) is 1. The third-order valence-corrected chi connectivity index (χ3v) is 2.66. The molecule has 0 aliphatic rings. The van der Waals surface area contributed by atoms with Crippen LogP contribution in [0.15, 0.2) is 16.6 Å². The van der Waals surface area contributed by atoms with Gasteiger partial charge in [-0.2, -0.15) is 0 Å². The van der Waals surface area contributed by atoms with Crippen molar-refractivity contribution in [2.75, 3.05) is 13.7 Å². The van der Waals surface area contributed by atoms with Gasteiger partial charge in [-0.25, -0.2) is 0 Å². The Balaban J connectivity index is 3.08. The van der Waals surface area contributed by atoms with Crippen molar-refractivity contribution < 1.29 is 9.84 Å². The van der Waals surface area contributed by atoms with Crippen molar-refractivity contribution in [2.45, 2.75) is 13.0 Å². The number of halogens is 1. The van der Waals surface area contributed by atoms with E-state index in [1.165, 1.54) is 0 Å². The smallest absolute Gasteiger partial charge is 0.133 e. The Bertz CT molecular complexity index is 315. The Morgan fingerprint density at radius 2 is 2.21 bits per heavy atom. The molecule has 0 unspecified atom stereocenters. The van der Waals surface area contributed by atoms with Crippen molar-refractivity contribution in [1.82, 2.24) is 0 Å². The maximum Gasteiger partial charge on any atom is 0.133 e. The van der Waals surface area contributed by atoms with E-state index >= 15 is 0 Å². The molecular weight excluding hydrogens is 246 g/mol. The fraction of sp³-hybridized carbons (Fsp3) is 0.400. The van der Waals surface area contributed by atoms with E-state index in [9.17, 15) is 5.11 Å². The summed E-state index contributed by atoms with van der Waals surface area (Å²) < 4.78 is 5.74. The second-order valence-corrected chi connectivity index (χ2v) is 3.86. The van der Waals surface area contributed by atoms with Gasteiger partial charge in [0.05, 0.1) is 11.1 Å². The Morgan fingerprint density at radius 1 is 1.50 bits per heavy atom. The molecule has 0 spiro atoms. The quantitative estimate of drug-likeness (QED) is 0.867. The van der Waals surface area contributed by atoms with Crippen LogP contribution in [-0.2, 0) is 17.8 Å². The highest BCUT2D eigenvalue weighted by molar-refractivity contribution is 9.10. The van der Waals surface area contributed by atoms with E-state index in [1.54, 1.807) is 7.11 Å². The molecule has 1 aromatic rings. The van der Waals surface area contributed by atoms with Crippen LogP contribution in [-0.4, -0.2) is 18.8 Å². The number of benzene rings is 1. The molecule has 14 heavy (non-hydrogen) atoms. The van der Waals surface area contributed by atoms with Crippen LogP contribution in [0.5, 0.6) is 5.75 Å². The number of aromatic hydroxyl groups is 1. The van der Waals surface area contributed by atoms with Crippen LogP contribution in [0.1, 0.15) is 11.1 Å². The van der Waals surface area contributed by atoms with Crippen LogP contribution in [0.3, 0.4) is 0 Å². The maximum atomic E-state index is 9.78. The minimum atomic E-state index is 0.269. The van der Waals surface area contributed by atoms with Crippen molar-refractivity contribution >= 4 is 15.9 Å². The summed E-state index contributed by atoms with van der Waals surface area (Å²) in [5.41, 5.74) is 7.33. The van der Waals surface area contributed by atoms with Gasteiger partial charge in [0.25, 0.3) is 0 Å². The monoisotopic (exact) mass is 259 g/mol. The van der Waals surface area contributed by atoms with Gasteiger partial charge in [-0.05, 0) is 40.5 Å². The highest BCUT2D eigenvalue weighted by Crippen LogP contribution is 2.30. The topological polar surface area (TPSA) is 55.5 Å². The van der Waals surface area contributed by atoms with E-state index in [2.05, 4.69) is 15.9 Å². The fourth-order valence-corrected chi connectivity index (χ4v) is 1.74. The predicted octanol–water partition coefficient (Wildman–Crippen LogP) is 1.80. The molecule has 0 saturated carbocycles. The van der Waals surface area contributed by atoms with Crippen LogP contribution in [0.4, 0.5) is 0 Å². The average Bonchev–Trinajstić information content (AvgIpc) is 2.18. The van der Waals surface area contributed by atoms with Gasteiger partial charge in [0.2, 0.25) is 0 Å². The number of hydrogen-bond donors (Lipinski definition) is 2. The van der Waals surface area contributed by atoms with E-state index in [4.69, 9.17) is 10.5 Å². The molecule has 0 atom stereocenters. The molecule has 3 nitrogen and oxygen atoms in total. The van der Waals surface area contributed by atoms with Crippen molar-refractivity contribution in [3.8, 4) is 5.75 Å². The molecule has 0 amide bonds. The molecule has 78 valence electrons. The van der Waals surface area contributed by atoms with Crippen molar-refractivity contribution in [2.24, 2.45) is 5.73 Å². The number of methoxy groups -OCH3 is 1. The largest absolute Gasteiger partial charge is 0.506 e. The van der Waals surface area contributed by atoms with Gasteiger partial charge in [0, 0.05) is 12.7 Å². The first-order valence-corrected chi connectivity index (χ1v) is 5.18. The molecule has 0 bridgehead atoms. The summed E-state index contributed by atoms with van der Waals surface area (Å²) in [6, 6.07) is 3.74. The number of phenolic OH excluding ortho intramolecular Hbond substituents is 1. The maximum absolute atomic E-state index is 9.78.